The first-order valence-electron chi connectivity index (χ1n) is 5.50. The van der Waals surface area contributed by atoms with Crippen molar-refractivity contribution in [3.63, 3.8) is 0 Å². The predicted octanol–water partition coefficient (Wildman–Crippen LogP) is 4.57. The molecule has 0 aliphatic carbocycles. The number of benzene rings is 2. The molecule has 0 amide bonds. The molecule has 0 bridgehead atoms. The Hall–Kier alpha value is -1.72. The molecule has 96 valence electrons. The first kappa shape index (κ1) is 12.3. The molecule has 3 N–H and O–H groups in total. The molecule has 0 spiro atoms. The standard InChI is InChI=1S/C13H9BrClN3O/c14-9-3-2-8(6-10(9)15)17-13-18-11-4-1-7(16)5-12(11)19-13/h1-6H,16H2,(H,17,18). The molecule has 0 aliphatic rings. The number of nitrogens with two attached hydrogens (primary N) is 1. The molecule has 2 aromatic carbocycles. The predicted molar refractivity (Wildman–Crippen MR) is 80.9 cm³/mol. The molecule has 0 unspecified atom stereocenters. The van der Waals surface area contributed by atoms with E-state index in [0.29, 0.717) is 22.3 Å². The summed E-state index contributed by atoms with van der Waals surface area (Å²) in [5.41, 5.74) is 8.52. The van der Waals surface area contributed by atoms with Crippen LogP contribution in [0.15, 0.2) is 45.3 Å². The second-order valence-corrected chi connectivity index (χ2v) is 5.26. The van der Waals surface area contributed by atoms with Gasteiger partial charge in [0.25, 0.3) is 6.01 Å². The minimum absolute atomic E-state index is 0.402. The molecule has 0 aliphatic heterocycles. The van der Waals surface area contributed by atoms with Crippen LogP contribution in [0.1, 0.15) is 0 Å². The monoisotopic (exact) mass is 337 g/mol. The van der Waals surface area contributed by atoms with Crippen molar-refractivity contribution in [2.24, 2.45) is 0 Å². The van der Waals surface area contributed by atoms with Crippen LogP contribution in [0.3, 0.4) is 0 Å². The summed E-state index contributed by atoms with van der Waals surface area (Å²) >= 11 is 9.36. The summed E-state index contributed by atoms with van der Waals surface area (Å²) in [5.74, 6) is 0. The number of hydrogen-bond acceptors (Lipinski definition) is 4. The minimum Gasteiger partial charge on any atom is -0.423 e. The molecule has 3 rings (SSSR count). The zero-order valence-electron chi connectivity index (χ0n) is 9.65. The van der Waals surface area contributed by atoms with Gasteiger partial charge in [-0.3, -0.25) is 0 Å². The average Bonchev–Trinajstić information content (AvgIpc) is 2.75. The summed E-state index contributed by atoms with van der Waals surface area (Å²) in [7, 11) is 0. The Bertz CT molecular complexity index is 757. The van der Waals surface area contributed by atoms with Crippen molar-refractivity contribution in [2.75, 3.05) is 11.1 Å². The van der Waals surface area contributed by atoms with Gasteiger partial charge in [0.1, 0.15) is 5.52 Å². The minimum atomic E-state index is 0.402. The molecule has 3 aromatic rings. The molecular formula is C13H9BrClN3O. The molecular weight excluding hydrogens is 330 g/mol. The Balaban J connectivity index is 1.94. The molecule has 0 atom stereocenters. The third kappa shape index (κ3) is 2.52. The molecule has 0 saturated carbocycles. The SMILES string of the molecule is Nc1ccc2nc(Nc3ccc(Br)c(Cl)c3)oc2c1. The van der Waals surface area contributed by atoms with Gasteiger partial charge in [-0.2, -0.15) is 4.98 Å². The third-order valence-electron chi connectivity index (χ3n) is 2.58. The largest absolute Gasteiger partial charge is 0.423 e. The van der Waals surface area contributed by atoms with E-state index in [4.69, 9.17) is 21.8 Å². The number of halogens is 2. The molecule has 1 aromatic heterocycles. The quantitative estimate of drug-likeness (QED) is 0.672. The summed E-state index contributed by atoms with van der Waals surface area (Å²) in [4.78, 5) is 4.31. The van der Waals surface area contributed by atoms with E-state index in [9.17, 15) is 0 Å². The molecule has 4 nitrogen and oxygen atoms in total. The summed E-state index contributed by atoms with van der Waals surface area (Å²) < 4.78 is 6.40. The van der Waals surface area contributed by atoms with Crippen molar-refractivity contribution in [2.45, 2.75) is 0 Å². The fraction of sp³-hybridized carbons (Fsp3) is 0. The number of hydrogen-bond donors (Lipinski definition) is 2. The van der Waals surface area contributed by atoms with Crippen LogP contribution < -0.4 is 11.1 Å². The van der Waals surface area contributed by atoms with Crippen LogP contribution in [-0.2, 0) is 0 Å². The van der Waals surface area contributed by atoms with Crippen LogP contribution in [0, 0.1) is 0 Å². The normalized spacial score (nSPS) is 10.8. The summed E-state index contributed by atoms with van der Waals surface area (Å²) in [6, 6.07) is 11.2. The van der Waals surface area contributed by atoms with E-state index >= 15 is 0 Å². The first-order chi connectivity index (χ1) is 9.11. The Kier molecular flexibility index (Phi) is 3.08. The van der Waals surface area contributed by atoms with Crippen molar-refractivity contribution in [3.8, 4) is 0 Å². The number of aromatic nitrogens is 1. The Morgan fingerprint density at radius 2 is 2.05 bits per heavy atom. The third-order valence-corrected chi connectivity index (χ3v) is 3.82. The molecule has 6 heteroatoms. The van der Waals surface area contributed by atoms with Gasteiger partial charge in [-0.05, 0) is 46.3 Å². The lowest BCUT2D eigenvalue weighted by atomic mass is 10.3. The maximum atomic E-state index is 6.03. The fourth-order valence-electron chi connectivity index (χ4n) is 1.69. The van der Waals surface area contributed by atoms with Gasteiger partial charge in [-0.15, -0.1) is 0 Å². The van der Waals surface area contributed by atoms with Crippen LogP contribution >= 0.6 is 27.5 Å². The van der Waals surface area contributed by atoms with Gasteiger partial charge in [-0.25, -0.2) is 0 Å². The highest BCUT2D eigenvalue weighted by molar-refractivity contribution is 9.10. The van der Waals surface area contributed by atoms with Gasteiger partial charge in [0, 0.05) is 21.9 Å². The Morgan fingerprint density at radius 3 is 2.84 bits per heavy atom. The number of nitrogens with zero attached hydrogens (tertiary/aromatic N) is 1. The highest BCUT2D eigenvalue weighted by Crippen LogP contribution is 2.28. The molecule has 0 fully saturated rings. The van der Waals surface area contributed by atoms with E-state index in [1.54, 1.807) is 18.2 Å². The van der Waals surface area contributed by atoms with E-state index in [1.165, 1.54) is 0 Å². The number of anilines is 3. The zero-order valence-corrected chi connectivity index (χ0v) is 12.0. The second kappa shape index (κ2) is 4.75. The topological polar surface area (TPSA) is 64.1 Å². The van der Waals surface area contributed by atoms with E-state index in [2.05, 4.69) is 26.2 Å². The molecule has 19 heavy (non-hydrogen) atoms. The van der Waals surface area contributed by atoms with Gasteiger partial charge >= 0.3 is 0 Å². The maximum Gasteiger partial charge on any atom is 0.300 e. The Morgan fingerprint density at radius 1 is 1.21 bits per heavy atom. The smallest absolute Gasteiger partial charge is 0.300 e. The number of rotatable bonds is 2. The van der Waals surface area contributed by atoms with Crippen LogP contribution in [0.4, 0.5) is 17.4 Å². The lowest BCUT2D eigenvalue weighted by Gasteiger charge is -2.02. The number of oxazole rings is 1. The maximum absolute atomic E-state index is 6.03. The highest BCUT2D eigenvalue weighted by Gasteiger charge is 2.07. The molecule has 0 radical (unpaired) electrons. The summed E-state index contributed by atoms with van der Waals surface area (Å²) in [6.07, 6.45) is 0. The average molecular weight is 339 g/mol. The van der Waals surface area contributed by atoms with Crippen molar-refractivity contribution < 1.29 is 4.42 Å². The zero-order chi connectivity index (χ0) is 13.4. The Labute approximate surface area is 122 Å². The van der Waals surface area contributed by atoms with Crippen molar-refractivity contribution in [1.82, 2.24) is 4.98 Å². The molecule has 0 saturated heterocycles. The summed E-state index contributed by atoms with van der Waals surface area (Å²) in [6.45, 7) is 0. The van der Waals surface area contributed by atoms with Gasteiger partial charge in [0.2, 0.25) is 0 Å². The lowest BCUT2D eigenvalue weighted by Crippen LogP contribution is -1.89. The van der Waals surface area contributed by atoms with E-state index in [1.807, 2.05) is 18.2 Å². The van der Waals surface area contributed by atoms with E-state index in [0.717, 1.165) is 15.7 Å². The fourth-order valence-corrected chi connectivity index (χ4v) is 2.12. The van der Waals surface area contributed by atoms with Crippen LogP contribution in [0.25, 0.3) is 11.1 Å². The summed E-state index contributed by atoms with van der Waals surface area (Å²) in [5, 5.41) is 3.67. The van der Waals surface area contributed by atoms with Crippen molar-refractivity contribution in [1.29, 1.82) is 0 Å². The molecule has 1 heterocycles. The van der Waals surface area contributed by atoms with Crippen molar-refractivity contribution >= 4 is 56.0 Å². The van der Waals surface area contributed by atoms with E-state index in [-0.39, 0.29) is 0 Å². The first-order valence-corrected chi connectivity index (χ1v) is 6.67. The lowest BCUT2D eigenvalue weighted by molar-refractivity contribution is 0.623. The van der Waals surface area contributed by atoms with Gasteiger partial charge in [0.15, 0.2) is 5.58 Å². The van der Waals surface area contributed by atoms with Crippen LogP contribution in [0.2, 0.25) is 5.02 Å². The second-order valence-electron chi connectivity index (χ2n) is 4.00. The number of fused-ring (bicyclic) bond motifs is 1. The van der Waals surface area contributed by atoms with Crippen LogP contribution in [-0.4, -0.2) is 4.98 Å². The highest BCUT2D eigenvalue weighted by atomic mass is 79.9. The number of nitrogens with one attached hydrogen (secondary N) is 1. The number of nitrogen functional groups attached to an aromatic ring is 1. The van der Waals surface area contributed by atoms with E-state index < -0.39 is 0 Å². The van der Waals surface area contributed by atoms with Crippen molar-refractivity contribution in [3.05, 3.63) is 45.9 Å². The van der Waals surface area contributed by atoms with Gasteiger partial charge in [0.05, 0.1) is 5.02 Å². The van der Waals surface area contributed by atoms with Crippen LogP contribution in [0.5, 0.6) is 0 Å². The van der Waals surface area contributed by atoms with Gasteiger partial charge in [-0.1, -0.05) is 11.6 Å². The van der Waals surface area contributed by atoms with Gasteiger partial charge < -0.3 is 15.5 Å².